The van der Waals surface area contributed by atoms with Crippen molar-refractivity contribution in [3.63, 3.8) is 0 Å². The van der Waals surface area contributed by atoms with Crippen LogP contribution in [0, 0.1) is 11.8 Å². The number of amides is 3. The van der Waals surface area contributed by atoms with Gasteiger partial charge in [0.1, 0.15) is 11.6 Å². The van der Waals surface area contributed by atoms with Gasteiger partial charge in [-0.3, -0.25) is 14.4 Å². The molecule has 0 aliphatic carbocycles. The highest BCUT2D eigenvalue weighted by Crippen LogP contribution is 2.64. The SMILES string of the molecule is C=CCN(CCC)C(=O)[C@@H]1[C@H]2C(=O)N([C@H](CO)c3ccccc3)C(C(=O)N(CC=C)C(C)(C)C)C23CC[C@@]1(C)O3. The highest BCUT2D eigenvalue weighted by atomic mass is 16.5. The second kappa shape index (κ2) is 11.1. The molecule has 0 radical (unpaired) electrons. The molecule has 2 unspecified atom stereocenters. The number of carbonyl (C=O) groups is 3. The summed E-state index contributed by atoms with van der Waals surface area (Å²) in [5, 5.41) is 10.7. The minimum absolute atomic E-state index is 0.142. The van der Waals surface area contributed by atoms with Crippen molar-refractivity contribution in [3.05, 3.63) is 61.2 Å². The van der Waals surface area contributed by atoms with Gasteiger partial charge in [0.2, 0.25) is 17.7 Å². The summed E-state index contributed by atoms with van der Waals surface area (Å²) in [6.45, 7) is 18.3. The number of ether oxygens (including phenoxy) is 1. The van der Waals surface area contributed by atoms with Gasteiger partial charge in [-0.05, 0) is 52.5 Å². The third-order valence-corrected chi connectivity index (χ3v) is 8.95. The second-order valence-electron chi connectivity index (χ2n) is 12.6. The molecule has 1 aromatic rings. The maximum absolute atomic E-state index is 14.6. The van der Waals surface area contributed by atoms with Crippen LogP contribution >= 0.6 is 0 Å². The minimum Gasteiger partial charge on any atom is -0.394 e. The summed E-state index contributed by atoms with van der Waals surface area (Å²) in [7, 11) is 0. The first-order chi connectivity index (χ1) is 18.9. The van der Waals surface area contributed by atoms with Crippen LogP contribution < -0.4 is 0 Å². The van der Waals surface area contributed by atoms with E-state index >= 15 is 0 Å². The number of benzene rings is 1. The monoisotopic (exact) mass is 551 g/mol. The molecule has 0 saturated carbocycles. The van der Waals surface area contributed by atoms with E-state index in [-0.39, 0.29) is 24.3 Å². The average Bonchev–Trinajstić information content (AvgIpc) is 3.48. The van der Waals surface area contributed by atoms with Gasteiger partial charge in [0.15, 0.2) is 0 Å². The van der Waals surface area contributed by atoms with Crippen molar-refractivity contribution < 1.29 is 24.2 Å². The zero-order valence-corrected chi connectivity index (χ0v) is 24.6. The fourth-order valence-corrected chi connectivity index (χ4v) is 7.27. The molecule has 1 aromatic carbocycles. The molecule has 3 fully saturated rings. The number of carbonyl (C=O) groups excluding carboxylic acids is 3. The number of fused-ring (bicyclic) bond motifs is 1. The van der Waals surface area contributed by atoms with Crippen molar-refractivity contribution >= 4 is 17.7 Å². The molecule has 3 amide bonds. The van der Waals surface area contributed by atoms with Gasteiger partial charge in [-0.25, -0.2) is 0 Å². The lowest BCUT2D eigenvalue weighted by atomic mass is 9.66. The molecule has 8 nitrogen and oxygen atoms in total. The number of hydrogen-bond donors (Lipinski definition) is 1. The maximum Gasteiger partial charge on any atom is 0.249 e. The molecule has 3 aliphatic rings. The van der Waals surface area contributed by atoms with Gasteiger partial charge in [0.25, 0.3) is 0 Å². The molecule has 1 spiro atoms. The molecule has 8 heteroatoms. The topological polar surface area (TPSA) is 90.4 Å². The van der Waals surface area contributed by atoms with E-state index in [1.165, 1.54) is 4.90 Å². The van der Waals surface area contributed by atoms with Crippen molar-refractivity contribution in [2.45, 2.75) is 82.7 Å². The Kier molecular flexibility index (Phi) is 8.35. The van der Waals surface area contributed by atoms with E-state index in [4.69, 9.17) is 4.74 Å². The Morgan fingerprint density at radius 3 is 2.35 bits per heavy atom. The van der Waals surface area contributed by atoms with E-state index < -0.39 is 40.7 Å². The van der Waals surface area contributed by atoms with Crippen LogP contribution in [0.4, 0.5) is 0 Å². The molecule has 3 saturated heterocycles. The van der Waals surface area contributed by atoms with Gasteiger partial charge in [0, 0.05) is 25.2 Å². The van der Waals surface area contributed by atoms with Gasteiger partial charge in [-0.1, -0.05) is 49.4 Å². The minimum atomic E-state index is -1.18. The highest BCUT2D eigenvalue weighted by Gasteiger charge is 2.79. The predicted molar refractivity (Wildman–Crippen MR) is 154 cm³/mol. The Morgan fingerprint density at radius 2 is 1.80 bits per heavy atom. The molecule has 1 N–H and O–H groups in total. The van der Waals surface area contributed by atoms with Gasteiger partial charge < -0.3 is 24.5 Å². The van der Waals surface area contributed by atoms with E-state index in [0.717, 1.165) is 12.0 Å². The Bertz CT molecular complexity index is 1150. The Balaban J connectivity index is 1.89. The molecule has 6 atom stereocenters. The van der Waals surface area contributed by atoms with Gasteiger partial charge in [-0.2, -0.15) is 0 Å². The lowest BCUT2D eigenvalue weighted by molar-refractivity contribution is -0.159. The highest BCUT2D eigenvalue weighted by molar-refractivity contribution is 5.99. The van der Waals surface area contributed by atoms with Crippen LogP contribution in [0.15, 0.2) is 55.6 Å². The van der Waals surface area contributed by atoms with Crippen LogP contribution in [-0.2, 0) is 19.1 Å². The normalized spacial score (nSPS) is 29.7. The number of nitrogens with zero attached hydrogens (tertiary/aromatic N) is 3. The first-order valence-electron chi connectivity index (χ1n) is 14.4. The Labute approximate surface area is 238 Å². The third kappa shape index (κ3) is 4.69. The molecule has 4 rings (SSSR count). The molecule has 3 heterocycles. The molecule has 218 valence electrons. The summed E-state index contributed by atoms with van der Waals surface area (Å²) in [5.41, 5.74) is -1.89. The quantitative estimate of drug-likeness (QED) is 0.424. The molecule has 0 aromatic heterocycles. The molecule has 3 aliphatic heterocycles. The lowest BCUT2D eigenvalue weighted by Crippen LogP contribution is -2.60. The fourth-order valence-electron chi connectivity index (χ4n) is 7.27. The summed E-state index contributed by atoms with van der Waals surface area (Å²) in [6, 6.07) is 7.50. The van der Waals surface area contributed by atoms with E-state index in [9.17, 15) is 19.5 Å². The van der Waals surface area contributed by atoms with Gasteiger partial charge >= 0.3 is 0 Å². The van der Waals surface area contributed by atoms with Crippen LogP contribution in [0.5, 0.6) is 0 Å². The third-order valence-electron chi connectivity index (χ3n) is 8.95. The van der Waals surface area contributed by atoms with Crippen molar-refractivity contribution in [1.82, 2.24) is 14.7 Å². The van der Waals surface area contributed by atoms with Crippen molar-refractivity contribution in [2.24, 2.45) is 11.8 Å². The van der Waals surface area contributed by atoms with Gasteiger partial charge in [-0.15, -0.1) is 13.2 Å². The fraction of sp³-hybridized carbons (Fsp3) is 0.594. The summed E-state index contributed by atoms with van der Waals surface area (Å²) in [6.07, 6.45) is 5.18. The van der Waals surface area contributed by atoms with Gasteiger partial charge in [0.05, 0.1) is 30.1 Å². The summed E-state index contributed by atoms with van der Waals surface area (Å²) in [4.78, 5) is 48.4. The van der Waals surface area contributed by atoms with E-state index in [1.807, 2.05) is 65.0 Å². The van der Waals surface area contributed by atoms with E-state index in [0.29, 0.717) is 32.5 Å². The van der Waals surface area contributed by atoms with Crippen LogP contribution in [0.2, 0.25) is 0 Å². The molecular formula is C32H45N3O5. The Morgan fingerprint density at radius 1 is 1.15 bits per heavy atom. The largest absolute Gasteiger partial charge is 0.394 e. The number of aliphatic hydroxyl groups excluding tert-OH is 1. The maximum atomic E-state index is 14.6. The summed E-state index contributed by atoms with van der Waals surface area (Å²) in [5.74, 6) is -2.29. The van der Waals surface area contributed by atoms with Crippen molar-refractivity contribution in [1.29, 1.82) is 0 Å². The first-order valence-corrected chi connectivity index (χ1v) is 14.4. The standard InChI is InChI=1S/C32H45N3O5/c1-8-18-33(19-9-2)27(37)24-25-28(38)35(23(21-36)22-14-12-11-13-15-22)26(32(25)17-16-31(24,7)40-32)29(39)34(20-10-3)30(4,5)6/h8,10-15,23-26,36H,1,3,9,16-21H2,2,4-7H3/t23-,24+,25+,26?,31-,32?/m1/s1. The molecule has 40 heavy (non-hydrogen) atoms. The number of likely N-dealkylation sites (tertiary alicyclic amines) is 1. The predicted octanol–water partition coefficient (Wildman–Crippen LogP) is 3.72. The average molecular weight is 552 g/mol. The molecule has 2 bridgehead atoms. The zero-order chi connectivity index (χ0) is 29.5. The molecular weight excluding hydrogens is 506 g/mol. The van der Waals surface area contributed by atoms with Crippen molar-refractivity contribution in [3.8, 4) is 0 Å². The van der Waals surface area contributed by atoms with E-state index in [2.05, 4.69) is 13.2 Å². The smallest absolute Gasteiger partial charge is 0.249 e. The van der Waals surface area contributed by atoms with Crippen LogP contribution in [0.25, 0.3) is 0 Å². The summed E-state index contributed by atoms with van der Waals surface area (Å²) < 4.78 is 6.83. The van der Waals surface area contributed by atoms with Crippen molar-refractivity contribution in [2.75, 3.05) is 26.2 Å². The number of hydrogen-bond acceptors (Lipinski definition) is 5. The van der Waals surface area contributed by atoms with E-state index in [1.54, 1.807) is 22.0 Å². The Hall–Kier alpha value is -2.97. The number of aliphatic hydroxyl groups is 1. The zero-order valence-electron chi connectivity index (χ0n) is 24.6. The summed E-state index contributed by atoms with van der Waals surface area (Å²) >= 11 is 0. The van der Waals surface area contributed by atoms with Crippen LogP contribution in [-0.4, -0.2) is 86.6 Å². The number of rotatable bonds is 11. The first kappa shape index (κ1) is 30.0. The van der Waals surface area contributed by atoms with Crippen LogP contribution in [0.3, 0.4) is 0 Å². The lowest BCUT2D eigenvalue weighted by Gasteiger charge is -2.43. The second-order valence-corrected chi connectivity index (χ2v) is 12.6. The van der Waals surface area contributed by atoms with Crippen LogP contribution in [0.1, 0.15) is 65.5 Å².